The van der Waals surface area contributed by atoms with Gasteiger partial charge in [-0.15, -0.1) is 0 Å². The SMILES string of the molecule is CC(NC(=O)C(N)CC(N)=O)C(=O)NC(Cc1cnc[nH]1)C(=O)O. The lowest BCUT2D eigenvalue weighted by atomic mass is 10.1. The molecule has 0 saturated heterocycles. The first kappa shape index (κ1) is 19.1. The summed E-state index contributed by atoms with van der Waals surface area (Å²) in [6.07, 6.45) is 2.47. The maximum atomic E-state index is 12.0. The summed E-state index contributed by atoms with van der Waals surface area (Å²) in [6, 6.07) is -3.42. The van der Waals surface area contributed by atoms with Crippen LogP contribution in [0.4, 0.5) is 0 Å². The molecule has 0 aliphatic rings. The van der Waals surface area contributed by atoms with Crippen LogP contribution in [0.25, 0.3) is 0 Å². The van der Waals surface area contributed by atoms with Crippen molar-refractivity contribution in [3.8, 4) is 0 Å². The van der Waals surface area contributed by atoms with Crippen molar-refractivity contribution in [2.45, 2.75) is 37.9 Å². The topological polar surface area (TPSA) is 193 Å². The lowest BCUT2D eigenvalue weighted by Crippen LogP contribution is -2.54. The maximum Gasteiger partial charge on any atom is 0.326 e. The number of primary amides is 1. The van der Waals surface area contributed by atoms with Crippen molar-refractivity contribution in [2.24, 2.45) is 11.5 Å². The Morgan fingerprint density at radius 2 is 1.96 bits per heavy atom. The Labute approximate surface area is 137 Å². The Hall–Kier alpha value is -2.95. The van der Waals surface area contributed by atoms with Gasteiger partial charge in [0.15, 0.2) is 0 Å². The van der Waals surface area contributed by atoms with E-state index in [1.807, 2.05) is 0 Å². The summed E-state index contributed by atoms with van der Waals surface area (Å²) in [6.45, 7) is 1.36. The van der Waals surface area contributed by atoms with Gasteiger partial charge in [-0.05, 0) is 6.92 Å². The minimum Gasteiger partial charge on any atom is -0.480 e. The van der Waals surface area contributed by atoms with Crippen LogP contribution in [0, 0.1) is 0 Å². The van der Waals surface area contributed by atoms with Crippen molar-refractivity contribution in [2.75, 3.05) is 0 Å². The molecule has 1 rings (SSSR count). The van der Waals surface area contributed by atoms with E-state index < -0.39 is 41.8 Å². The van der Waals surface area contributed by atoms with E-state index in [1.165, 1.54) is 19.4 Å². The molecular weight excluding hydrogens is 320 g/mol. The molecule has 8 N–H and O–H groups in total. The maximum absolute atomic E-state index is 12.0. The van der Waals surface area contributed by atoms with Gasteiger partial charge in [-0.25, -0.2) is 9.78 Å². The third-order valence-electron chi connectivity index (χ3n) is 3.10. The average Bonchev–Trinajstić information content (AvgIpc) is 2.98. The summed E-state index contributed by atoms with van der Waals surface area (Å²) < 4.78 is 0. The number of H-pyrrole nitrogens is 1. The van der Waals surface area contributed by atoms with Crippen LogP contribution in [0.15, 0.2) is 12.5 Å². The average molecular weight is 340 g/mol. The molecule has 1 aromatic heterocycles. The summed E-state index contributed by atoms with van der Waals surface area (Å²) in [5.41, 5.74) is 10.9. The molecule has 0 radical (unpaired) electrons. The van der Waals surface area contributed by atoms with Gasteiger partial charge in [0.1, 0.15) is 12.1 Å². The molecule has 11 heteroatoms. The van der Waals surface area contributed by atoms with Gasteiger partial charge < -0.3 is 32.2 Å². The van der Waals surface area contributed by atoms with Gasteiger partial charge in [0.05, 0.1) is 18.8 Å². The molecule has 0 fully saturated rings. The van der Waals surface area contributed by atoms with Crippen molar-refractivity contribution < 1.29 is 24.3 Å². The molecule has 0 aliphatic carbocycles. The van der Waals surface area contributed by atoms with Gasteiger partial charge in [-0.3, -0.25) is 14.4 Å². The lowest BCUT2D eigenvalue weighted by Gasteiger charge is -2.19. The highest BCUT2D eigenvalue weighted by Gasteiger charge is 2.26. The van der Waals surface area contributed by atoms with E-state index in [9.17, 15) is 19.2 Å². The summed E-state index contributed by atoms with van der Waals surface area (Å²) in [5.74, 6) is -3.43. The Balaban J connectivity index is 2.58. The summed E-state index contributed by atoms with van der Waals surface area (Å²) >= 11 is 0. The number of rotatable bonds is 9. The number of nitrogens with zero attached hydrogens (tertiary/aromatic N) is 1. The largest absolute Gasteiger partial charge is 0.480 e. The normalized spacial score (nSPS) is 14.2. The Bertz CT molecular complexity index is 602. The van der Waals surface area contributed by atoms with Crippen molar-refractivity contribution in [1.82, 2.24) is 20.6 Å². The zero-order valence-electron chi connectivity index (χ0n) is 13.0. The first-order valence-electron chi connectivity index (χ1n) is 7.05. The second-order valence-corrected chi connectivity index (χ2v) is 5.19. The van der Waals surface area contributed by atoms with Crippen LogP contribution in [-0.4, -0.2) is 56.9 Å². The number of aliphatic carboxylic acids is 1. The molecule has 0 spiro atoms. The van der Waals surface area contributed by atoms with Gasteiger partial charge in [0.2, 0.25) is 17.7 Å². The van der Waals surface area contributed by atoms with Crippen molar-refractivity contribution in [1.29, 1.82) is 0 Å². The summed E-state index contributed by atoms with van der Waals surface area (Å²) in [7, 11) is 0. The highest BCUT2D eigenvalue weighted by atomic mass is 16.4. The van der Waals surface area contributed by atoms with E-state index in [-0.39, 0.29) is 12.8 Å². The van der Waals surface area contributed by atoms with E-state index in [1.54, 1.807) is 0 Å². The lowest BCUT2D eigenvalue weighted by molar-refractivity contribution is -0.142. The van der Waals surface area contributed by atoms with Gasteiger partial charge in [-0.1, -0.05) is 0 Å². The minimum atomic E-state index is -1.23. The summed E-state index contributed by atoms with van der Waals surface area (Å²) in [4.78, 5) is 52.2. The fourth-order valence-electron chi connectivity index (χ4n) is 1.81. The zero-order chi connectivity index (χ0) is 18.3. The molecule has 0 saturated carbocycles. The molecule has 0 aliphatic heterocycles. The van der Waals surface area contributed by atoms with Gasteiger partial charge in [-0.2, -0.15) is 0 Å². The molecule has 3 unspecified atom stereocenters. The number of carboxylic acids is 1. The molecular formula is C13H20N6O5. The number of nitrogens with two attached hydrogens (primary N) is 2. The van der Waals surface area contributed by atoms with E-state index in [0.29, 0.717) is 5.69 Å². The van der Waals surface area contributed by atoms with E-state index in [2.05, 4.69) is 20.6 Å². The molecule has 11 nitrogen and oxygen atoms in total. The smallest absolute Gasteiger partial charge is 0.326 e. The number of aromatic amines is 1. The Kier molecular flexibility index (Phi) is 6.86. The van der Waals surface area contributed by atoms with Crippen LogP contribution >= 0.6 is 0 Å². The van der Waals surface area contributed by atoms with Gasteiger partial charge >= 0.3 is 5.97 Å². The van der Waals surface area contributed by atoms with E-state index >= 15 is 0 Å². The summed E-state index contributed by atoms with van der Waals surface area (Å²) in [5, 5.41) is 13.8. The standard InChI is InChI=1S/C13H20N6O5/c1-6(18-12(22)8(14)3-10(15)20)11(21)19-9(13(23)24)2-7-4-16-5-17-7/h4-6,8-9H,2-3,14H2,1H3,(H2,15,20)(H,16,17)(H,18,22)(H,19,21)(H,23,24). The molecule has 3 amide bonds. The number of aromatic nitrogens is 2. The number of carbonyl (C=O) groups is 4. The first-order chi connectivity index (χ1) is 11.2. The second-order valence-electron chi connectivity index (χ2n) is 5.19. The van der Waals surface area contributed by atoms with Crippen molar-refractivity contribution in [3.05, 3.63) is 18.2 Å². The van der Waals surface area contributed by atoms with Crippen molar-refractivity contribution >= 4 is 23.7 Å². The quantitative estimate of drug-likeness (QED) is 0.280. The van der Waals surface area contributed by atoms with Crippen LogP contribution < -0.4 is 22.1 Å². The van der Waals surface area contributed by atoms with Gasteiger partial charge in [0.25, 0.3) is 0 Å². The molecule has 1 aromatic rings. The highest BCUT2D eigenvalue weighted by Crippen LogP contribution is 2.00. The molecule has 3 atom stereocenters. The number of hydrogen-bond acceptors (Lipinski definition) is 6. The third-order valence-corrected chi connectivity index (χ3v) is 3.10. The number of nitrogens with one attached hydrogen (secondary N) is 3. The van der Waals surface area contributed by atoms with Crippen LogP contribution in [0.3, 0.4) is 0 Å². The van der Waals surface area contributed by atoms with Crippen LogP contribution in [0.5, 0.6) is 0 Å². The number of amides is 3. The molecule has 0 bridgehead atoms. The molecule has 0 aromatic carbocycles. The number of carboxylic acid groups (broad SMARTS) is 1. The molecule has 1 heterocycles. The second kappa shape index (κ2) is 8.62. The predicted molar refractivity (Wildman–Crippen MR) is 81.2 cm³/mol. The Morgan fingerprint density at radius 1 is 1.29 bits per heavy atom. The van der Waals surface area contributed by atoms with Crippen LogP contribution in [0.1, 0.15) is 19.0 Å². The van der Waals surface area contributed by atoms with Gasteiger partial charge in [0, 0.05) is 18.3 Å². The minimum absolute atomic E-state index is 0.00291. The molecule has 24 heavy (non-hydrogen) atoms. The molecule has 132 valence electrons. The van der Waals surface area contributed by atoms with E-state index in [0.717, 1.165) is 0 Å². The van der Waals surface area contributed by atoms with Crippen LogP contribution in [0.2, 0.25) is 0 Å². The van der Waals surface area contributed by atoms with Crippen LogP contribution in [-0.2, 0) is 25.6 Å². The van der Waals surface area contributed by atoms with Crippen molar-refractivity contribution in [3.63, 3.8) is 0 Å². The zero-order valence-corrected chi connectivity index (χ0v) is 13.0. The number of imidazole rings is 1. The number of hydrogen-bond donors (Lipinski definition) is 6. The number of carbonyl (C=O) groups excluding carboxylic acids is 3. The Morgan fingerprint density at radius 3 is 2.46 bits per heavy atom. The first-order valence-corrected chi connectivity index (χ1v) is 7.05. The predicted octanol–water partition coefficient (Wildman–Crippen LogP) is -2.77. The fraction of sp³-hybridized carbons (Fsp3) is 0.462. The van der Waals surface area contributed by atoms with E-state index in [4.69, 9.17) is 16.6 Å². The third kappa shape index (κ3) is 6.04. The fourth-order valence-corrected chi connectivity index (χ4v) is 1.81. The monoisotopic (exact) mass is 340 g/mol. The highest BCUT2D eigenvalue weighted by molar-refractivity contribution is 5.93.